The molecule has 1 aromatic heterocycles. The molecule has 1 fully saturated rings. The van der Waals surface area contributed by atoms with Crippen LogP contribution in [0, 0.1) is 6.92 Å². The monoisotopic (exact) mass is 335 g/mol. The van der Waals surface area contributed by atoms with Gasteiger partial charge in [-0.05, 0) is 31.9 Å². The minimum atomic E-state index is -0.0989. The fourth-order valence-electron chi connectivity index (χ4n) is 3.37. The molecule has 2 heterocycles. The third kappa shape index (κ3) is 3.05. The number of aryl methyl sites for hydroxylation is 1. The predicted molar refractivity (Wildman–Crippen MR) is 96.9 cm³/mol. The zero-order valence-electron chi connectivity index (χ0n) is 14.3. The molecule has 25 heavy (non-hydrogen) atoms. The van der Waals surface area contributed by atoms with E-state index < -0.39 is 0 Å². The van der Waals surface area contributed by atoms with Crippen molar-refractivity contribution in [1.82, 2.24) is 5.06 Å². The van der Waals surface area contributed by atoms with Gasteiger partial charge in [0.2, 0.25) is 5.78 Å². The zero-order chi connectivity index (χ0) is 17.2. The molecule has 0 aliphatic carbocycles. The Balaban J connectivity index is 1.72. The molecule has 1 aliphatic heterocycles. The molecule has 0 N–H and O–H groups in total. The molecule has 128 valence electrons. The molecule has 0 amide bonds. The van der Waals surface area contributed by atoms with Crippen molar-refractivity contribution < 1.29 is 14.0 Å². The molecule has 0 atom stereocenters. The van der Waals surface area contributed by atoms with Crippen molar-refractivity contribution in [3.05, 3.63) is 65.4 Å². The number of nitrogens with zero attached hydrogens (tertiary/aromatic N) is 1. The van der Waals surface area contributed by atoms with Crippen LogP contribution in [0.3, 0.4) is 0 Å². The smallest absolute Gasteiger partial charge is 0.228 e. The average molecular weight is 335 g/mol. The van der Waals surface area contributed by atoms with Gasteiger partial charge < -0.3 is 9.25 Å². The minimum absolute atomic E-state index is 0.0989. The number of benzene rings is 2. The highest BCUT2D eigenvalue weighted by atomic mass is 16.7. The molecule has 0 spiro atoms. The molecule has 4 rings (SSSR count). The van der Waals surface area contributed by atoms with Crippen LogP contribution in [0.25, 0.3) is 11.0 Å². The van der Waals surface area contributed by atoms with E-state index in [1.807, 2.05) is 48.4 Å². The lowest BCUT2D eigenvalue weighted by molar-refractivity contribution is -0.0706. The summed E-state index contributed by atoms with van der Waals surface area (Å²) in [4.78, 5) is 18.9. The van der Waals surface area contributed by atoms with Crippen LogP contribution >= 0.6 is 0 Å². The highest BCUT2D eigenvalue weighted by Gasteiger charge is 2.22. The Morgan fingerprint density at radius 3 is 2.52 bits per heavy atom. The van der Waals surface area contributed by atoms with Gasteiger partial charge in [0.05, 0.1) is 5.39 Å². The SMILES string of the molecule is Cc1c(C(=O)c2ccccc2)oc2cccc(ON3CCCCC3)c12. The van der Waals surface area contributed by atoms with Gasteiger partial charge in [0, 0.05) is 24.2 Å². The topological polar surface area (TPSA) is 42.7 Å². The van der Waals surface area contributed by atoms with E-state index in [2.05, 4.69) is 0 Å². The Labute approximate surface area is 147 Å². The summed E-state index contributed by atoms with van der Waals surface area (Å²) in [5.74, 6) is 1.04. The number of carbonyl (C=O) groups excluding carboxylic acids is 1. The van der Waals surface area contributed by atoms with Gasteiger partial charge in [0.25, 0.3) is 0 Å². The van der Waals surface area contributed by atoms with Gasteiger partial charge in [-0.3, -0.25) is 4.79 Å². The molecule has 0 bridgehead atoms. The first-order chi connectivity index (χ1) is 12.2. The molecular formula is C21H21NO3. The van der Waals surface area contributed by atoms with E-state index in [0.29, 0.717) is 16.9 Å². The van der Waals surface area contributed by atoms with Crippen LogP contribution in [0.15, 0.2) is 52.9 Å². The van der Waals surface area contributed by atoms with Gasteiger partial charge in [0.15, 0.2) is 11.5 Å². The van der Waals surface area contributed by atoms with E-state index in [-0.39, 0.29) is 5.78 Å². The second-order valence-corrected chi connectivity index (χ2v) is 6.46. The Hall–Kier alpha value is -2.59. The number of hydroxylamine groups is 2. The Bertz CT molecular complexity index is 892. The maximum Gasteiger partial charge on any atom is 0.228 e. The van der Waals surface area contributed by atoms with Crippen molar-refractivity contribution >= 4 is 16.8 Å². The van der Waals surface area contributed by atoms with Gasteiger partial charge in [-0.2, -0.15) is 0 Å². The predicted octanol–water partition coefficient (Wildman–Crippen LogP) is 4.75. The van der Waals surface area contributed by atoms with Gasteiger partial charge in [-0.15, -0.1) is 5.06 Å². The third-order valence-corrected chi connectivity index (χ3v) is 4.70. The average Bonchev–Trinajstić information content (AvgIpc) is 3.00. The summed E-state index contributed by atoms with van der Waals surface area (Å²) in [6, 6.07) is 14.9. The normalized spacial score (nSPS) is 15.4. The number of furan rings is 1. The molecular weight excluding hydrogens is 314 g/mol. The summed E-state index contributed by atoms with van der Waals surface area (Å²) >= 11 is 0. The van der Waals surface area contributed by atoms with Gasteiger partial charge in [-0.1, -0.05) is 42.8 Å². The summed E-state index contributed by atoms with van der Waals surface area (Å²) in [5, 5.41) is 2.89. The maximum atomic E-state index is 12.8. The highest BCUT2D eigenvalue weighted by Crippen LogP contribution is 2.34. The first-order valence-electron chi connectivity index (χ1n) is 8.79. The van der Waals surface area contributed by atoms with E-state index in [0.717, 1.165) is 42.6 Å². The van der Waals surface area contributed by atoms with E-state index in [4.69, 9.17) is 9.25 Å². The van der Waals surface area contributed by atoms with Crippen molar-refractivity contribution in [3.63, 3.8) is 0 Å². The summed E-state index contributed by atoms with van der Waals surface area (Å²) < 4.78 is 5.90. The van der Waals surface area contributed by atoms with E-state index in [1.54, 1.807) is 12.1 Å². The number of carbonyl (C=O) groups is 1. The van der Waals surface area contributed by atoms with Crippen LogP contribution in [-0.4, -0.2) is 23.9 Å². The van der Waals surface area contributed by atoms with Crippen LogP contribution in [-0.2, 0) is 0 Å². The summed E-state index contributed by atoms with van der Waals surface area (Å²) in [6.07, 6.45) is 3.56. The Kier molecular flexibility index (Phi) is 4.28. The third-order valence-electron chi connectivity index (χ3n) is 4.70. The van der Waals surface area contributed by atoms with Crippen molar-refractivity contribution in [2.45, 2.75) is 26.2 Å². The number of rotatable bonds is 4. The van der Waals surface area contributed by atoms with Gasteiger partial charge >= 0.3 is 0 Å². The summed E-state index contributed by atoms with van der Waals surface area (Å²) in [5.41, 5.74) is 2.14. The van der Waals surface area contributed by atoms with Gasteiger partial charge in [0.1, 0.15) is 5.58 Å². The number of piperidine rings is 1. The molecule has 2 aromatic carbocycles. The molecule has 0 radical (unpaired) electrons. The van der Waals surface area contributed by atoms with Crippen molar-refractivity contribution in [1.29, 1.82) is 0 Å². The number of hydrogen-bond donors (Lipinski definition) is 0. The lowest BCUT2D eigenvalue weighted by atomic mass is 10.0. The second kappa shape index (κ2) is 6.73. The largest absolute Gasteiger partial charge is 0.452 e. The standard InChI is InChI=1S/C21H21NO3/c1-15-19-17(24-21(15)20(23)16-9-4-2-5-10-16)11-8-12-18(19)25-22-13-6-3-7-14-22/h2,4-5,8-12H,3,6-7,13-14H2,1H3. The fraction of sp³-hybridized carbons (Fsp3) is 0.286. The lowest BCUT2D eigenvalue weighted by Crippen LogP contribution is -2.32. The van der Waals surface area contributed by atoms with Gasteiger partial charge in [-0.25, -0.2) is 0 Å². The molecule has 4 nitrogen and oxygen atoms in total. The molecule has 1 saturated heterocycles. The Morgan fingerprint density at radius 2 is 1.76 bits per heavy atom. The molecule has 0 unspecified atom stereocenters. The highest BCUT2D eigenvalue weighted by molar-refractivity contribution is 6.11. The van der Waals surface area contributed by atoms with Crippen molar-refractivity contribution in [3.8, 4) is 5.75 Å². The minimum Gasteiger partial charge on any atom is -0.452 e. The summed E-state index contributed by atoms with van der Waals surface area (Å²) in [6.45, 7) is 3.79. The maximum absolute atomic E-state index is 12.8. The Morgan fingerprint density at radius 1 is 1.00 bits per heavy atom. The first-order valence-corrected chi connectivity index (χ1v) is 8.79. The number of ketones is 1. The van der Waals surface area contributed by atoms with E-state index >= 15 is 0 Å². The molecule has 4 heteroatoms. The fourth-order valence-corrected chi connectivity index (χ4v) is 3.37. The van der Waals surface area contributed by atoms with E-state index in [9.17, 15) is 4.79 Å². The van der Waals surface area contributed by atoms with Crippen molar-refractivity contribution in [2.24, 2.45) is 0 Å². The molecule has 1 aliphatic rings. The number of fused-ring (bicyclic) bond motifs is 1. The van der Waals surface area contributed by atoms with Crippen LogP contribution in [0.5, 0.6) is 5.75 Å². The van der Waals surface area contributed by atoms with Crippen molar-refractivity contribution in [2.75, 3.05) is 13.1 Å². The zero-order valence-corrected chi connectivity index (χ0v) is 14.3. The van der Waals surface area contributed by atoms with Crippen LogP contribution in [0.2, 0.25) is 0 Å². The van der Waals surface area contributed by atoms with Crippen LogP contribution in [0.1, 0.15) is 40.9 Å². The molecule has 3 aromatic rings. The van der Waals surface area contributed by atoms with Crippen LogP contribution in [0.4, 0.5) is 0 Å². The quantitative estimate of drug-likeness (QED) is 0.645. The molecule has 0 saturated carbocycles. The lowest BCUT2D eigenvalue weighted by Gasteiger charge is -2.26. The van der Waals surface area contributed by atoms with Crippen LogP contribution < -0.4 is 4.84 Å². The summed E-state index contributed by atoms with van der Waals surface area (Å²) in [7, 11) is 0. The first kappa shape index (κ1) is 15.9. The van der Waals surface area contributed by atoms with E-state index in [1.165, 1.54) is 6.42 Å². The number of hydrogen-bond acceptors (Lipinski definition) is 4. The second-order valence-electron chi connectivity index (χ2n) is 6.46.